The van der Waals surface area contributed by atoms with Crippen LogP contribution in [0.4, 0.5) is 0 Å². The van der Waals surface area contributed by atoms with E-state index < -0.39 is 5.54 Å². The van der Waals surface area contributed by atoms with Gasteiger partial charge in [-0.25, -0.2) is 0 Å². The van der Waals surface area contributed by atoms with Crippen LogP contribution in [0.5, 0.6) is 0 Å². The van der Waals surface area contributed by atoms with Gasteiger partial charge in [0.15, 0.2) is 0 Å². The second kappa shape index (κ2) is 13.1. The number of hydrogen-bond donors (Lipinski definition) is 3. The third-order valence-corrected chi connectivity index (χ3v) is 9.35. The average Bonchev–Trinajstić information content (AvgIpc) is 3.60. The van der Waals surface area contributed by atoms with Crippen molar-refractivity contribution in [3.8, 4) is 0 Å². The summed E-state index contributed by atoms with van der Waals surface area (Å²) in [5.41, 5.74) is 1.45. The van der Waals surface area contributed by atoms with E-state index in [9.17, 15) is 9.59 Å². The Morgan fingerprint density at radius 2 is 1.85 bits per heavy atom. The fraction of sp³-hybridized carbons (Fsp3) is 0.500. The van der Waals surface area contributed by atoms with E-state index in [2.05, 4.69) is 53.2 Å². The summed E-state index contributed by atoms with van der Waals surface area (Å²) in [6.45, 7) is 5.41. The molecule has 0 spiro atoms. The molecule has 1 aliphatic heterocycles. The van der Waals surface area contributed by atoms with E-state index in [1.807, 2.05) is 24.3 Å². The first-order valence-corrected chi connectivity index (χ1v) is 15.3. The fourth-order valence-corrected chi connectivity index (χ4v) is 6.99. The zero-order valence-electron chi connectivity index (χ0n) is 23.0. The van der Waals surface area contributed by atoms with Gasteiger partial charge in [-0.2, -0.15) is 0 Å². The summed E-state index contributed by atoms with van der Waals surface area (Å²) in [5.74, 6) is 0.458. The minimum Gasteiger partial charge on any atom is -0.379 e. The number of nitrogens with one attached hydrogen (secondary N) is 3. The Morgan fingerprint density at radius 1 is 1.08 bits per heavy atom. The molecule has 0 unspecified atom stereocenters. The van der Waals surface area contributed by atoms with Gasteiger partial charge < -0.3 is 20.7 Å². The van der Waals surface area contributed by atoms with Crippen molar-refractivity contribution < 1.29 is 14.3 Å². The summed E-state index contributed by atoms with van der Waals surface area (Å²) in [6.07, 6.45) is 7.32. The van der Waals surface area contributed by atoms with Crippen molar-refractivity contribution in [2.24, 2.45) is 5.92 Å². The maximum absolute atomic E-state index is 13.8. The van der Waals surface area contributed by atoms with Crippen LogP contribution < -0.4 is 16.0 Å². The lowest BCUT2D eigenvalue weighted by Gasteiger charge is -2.31. The quantitative estimate of drug-likeness (QED) is 0.282. The smallest absolute Gasteiger partial charge is 0.262 e. The number of hydrogen-bond acceptors (Lipinski definition) is 5. The molecule has 0 radical (unpaired) electrons. The van der Waals surface area contributed by atoms with Gasteiger partial charge in [0.2, 0.25) is 5.91 Å². The van der Waals surface area contributed by atoms with E-state index in [-0.39, 0.29) is 17.9 Å². The molecule has 3 N–H and O–H groups in total. The molecule has 1 aliphatic carbocycles. The van der Waals surface area contributed by atoms with E-state index >= 15 is 0 Å². The minimum absolute atomic E-state index is 0.0896. The summed E-state index contributed by atoms with van der Waals surface area (Å²) in [7, 11) is 0. The van der Waals surface area contributed by atoms with Crippen LogP contribution >= 0.6 is 11.3 Å². The lowest BCUT2D eigenvalue weighted by Crippen LogP contribution is -2.59. The van der Waals surface area contributed by atoms with Crippen LogP contribution in [0.25, 0.3) is 10.1 Å². The van der Waals surface area contributed by atoms with Crippen molar-refractivity contribution in [1.29, 1.82) is 0 Å². The molecule has 2 heterocycles. The second-order valence-electron chi connectivity index (χ2n) is 11.3. The standard InChI is InChI=1S/C32H41N3O3S/c1-23-9-10-26-21-29(39-28(26)19-23)30(36)35-32(14-5-6-15-32)31(37)34-27(20-25-7-3-2-4-8-25)22-38-18-13-24-11-16-33-17-12-24/h2-4,7-10,19,21,24,27,33H,5-6,11-18,20,22H2,1H3,(H,34,37)(H,35,36)/t27-/m1/s1. The molecule has 1 saturated carbocycles. The third-order valence-electron chi connectivity index (χ3n) is 8.25. The minimum atomic E-state index is -0.882. The van der Waals surface area contributed by atoms with Gasteiger partial charge in [-0.1, -0.05) is 55.3 Å². The Labute approximate surface area is 235 Å². The number of carbonyl (C=O) groups excluding carboxylic acids is 2. The first-order valence-electron chi connectivity index (χ1n) is 14.5. The number of piperidine rings is 1. The van der Waals surface area contributed by atoms with E-state index in [0.29, 0.717) is 43.3 Å². The first-order chi connectivity index (χ1) is 19.0. The molecule has 2 amide bonds. The van der Waals surface area contributed by atoms with Crippen LogP contribution in [0.3, 0.4) is 0 Å². The summed E-state index contributed by atoms with van der Waals surface area (Å²) in [4.78, 5) is 27.9. The lowest BCUT2D eigenvalue weighted by molar-refractivity contribution is -0.128. The van der Waals surface area contributed by atoms with Gasteiger partial charge in [0.25, 0.3) is 5.91 Å². The molecule has 2 aliphatic rings. The van der Waals surface area contributed by atoms with Crippen LogP contribution in [-0.4, -0.2) is 49.7 Å². The predicted molar refractivity (Wildman–Crippen MR) is 158 cm³/mol. The summed E-state index contributed by atoms with van der Waals surface area (Å²) in [6, 6.07) is 18.2. The molecule has 5 rings (SSSR count). The number of fused-ring (bicyclic) bond motifs is 1. The molecular weight excluding hydrogens is 506 g/mol. The molecule has 0 bridgehead atoms. The van der Waals surface area contributed by atoms with E-state index in [1.165, 1.54) is 29.7 Å². The Kier molecular flexibility index (Phi) is 9.32. The number of carbonyl (C=O) groups is 2. The molecule has 39 heavy (non-hydrogen) atoms. The van der Waals surface area contributed by atoms with Gasteiger partial charge in [0, 0.05) is 11.3 Å². The largest absolute Gasteiger partial charge is 0.379 e. The van der Waals surface area contributed by atoms with Gasteiger partial charge in [0.1, 0.15) is 5.54 Å². The van der Waals surface area contributed by atoms with Gasteiger partial charge in [-0.3, -0.25) is 9.59 Å². The van der Waals surface area contributed by atoms with Crippen LogP contribution in [0.2, 0.25) is 0 Å². The Balaban J connectivity index is 1.24. The Morgan fingerprint density at radius 3 is 2.62 bits per heavy atom. The number of amides is 2. The Bertz CT molecular complexity index is 1250. The molecule has 2 fully saturated rings. The number of benzene rings is 2. The monoisotopic (exact) mass is 547 g/mol. The molecule has 7 heteroatoms. The van der Waals surface area contributed by atoms with Crippen LogP contribution in [0, 0.1) is 12.8 Å². The Hall–Kier alpha value is -2.74. The van der Waals surface area contributed by atoms with Crippen molar-refractivity contribution >= 4 is 33.2 Å². The lowest BCUT2D eigenvalue weighted by atomic mass is 9.94. The van der Waals surface area contributed by atoms with E-state index in [4.69, 9.17) is 4.74 Å². The van der Waals surface area contributed by atoms with Crippen molar-refractivity contribution in [3.05, 3.63) is 70.6 Å². The molecule has 208 valence electrons. The molecular formula is C32H41N3O3S. The van der Waals surface area contributed by atoms with Crippen molar-refractivity contribution in [2.75, 3.05) is 26.3 Å². The van der Waals surface area contributed by atoms with Gasteiger partial charge in [-0.05, 0) is 93.1 Å². The highest BCUT2D eigenvalue weighted by Crippen LogP contribution is 2.32. The number of aryl methyl sites for hydroxylation is 1. The number of rotatable bonds is 11. The molecule has 1 aromatic heterocycles. The second-order valence-corrected chi connectivity index (χ2v) is 12.4. The van der Waals surface area contributed by atoms with Crippen molar-refractivity contribution in [3.63, 3.8) is 0 Å². The molecule has 3 aromatic rings. The first kappa shape index (κ1) is 27.8. The van der Waals surface area contributed by atoms with Crippen LogP contribution in [0.1, 0.15) is 65.7 Å². The molecule has 1 saturated heterocycles. The SMILES string of the molecule is Cc1ccc2cc(C(=O)NC3(C(=O)N[C@@H](COCCC4CCNCC4)Cc4ccccc4)CCCC3)sc2c1. The van der Waals surface area contributed by atoms with Crippen LogP contribution in [-0.2, 0) is 16.0 Å². The summed E-state index contributed by atoms with van der Waals surface area (Å²) < 4.78 is 7.23. The van der Waals surface area contributed by atoms with Gasteiger partial charge in [-0.15, -0.1) is 11.3 Å². The maximum Gasteiger partial charge on any atom is 0.262 e. The van der Waals surface area contributed by atoms with Crippen molar-refractivity contribution in [2.45, 2.75) is 69.9 Å². The van der Waals surface area contributed by atoms with E-state index in [1.54, 1.807) is 0 Å². The average molecular weight is 548 g/mol. The number of ether oxygens (including phenoxy) is 1. The normalized spacial score (nSPS) is 18.2. The third kappa shape index (κ3) is 7.27. The summed E-state index contributed by atoms with van der Waals surface area (Å²) in [5, 5.41) is 10.9. The summed E-state index contributed by atoms with van der Waals surface area (Å²) >= 11 is 1.49. The fourth-order valence-electron chi connectivity index (χ4n) is 5.94. The highest BCUT2D eigenvalue weighted by Gasteiger charge is 2.43. The van der Waals surface area contributed by atoms with Gasteiger partial charge in [0.05, 0.1) is 17.5 Å². The molecule has 6 nitrogen and oxygen atoms in total. The topological polar surface area (TPSA) is 79.5 Å². The van der Waals surface area contributed by atoms with Crippen molar-refractivity contribution in [1.82, 2.24) is 16.0 Å². The highest BCUT2D eigenvalue weighted by molar-refractivity contribution is 7.20. The van der Waals surface area contributed by atoms with Gasteiger partial charge >= 0.3 is 0 Å². The predicted octanol–water partition coefficient (Wildman–Crippen LogP) is 5.39. The van der Waals surface area contributed by atoms with Crippen LogP contribution in [0.15, 0.2) is 54.6 Å². The zero-order chi connectivity index (χ0) is 27.1. The zero-order valence-corrected chi connectivity index (χ0v) is 23.8. The maximum atomic E-state index is 13.8. The highest BCUT2D eigenvalue weighted by atomic mass is 32.1. The van der Waals surface area contributed by atoms with E-state index in [0.717, 1.165) is 48.0 Å². The molecule has 1 atom stereocenters. The molecule has 2 aromatic carbocycles. The number of thiophene rings is 1.